The molecule has 1 N–H and O–H groups in total. The largest absolute Gasteiger partial charge is 0.444 e. The Morgan fingerprint density at radius 3 is 2.79 bits per heavy atom. The number of carbonyl (C=O) groups excluding carboxylic acids is 1. The van der Waals surface area contributed by atoms with Gasteiger partial charge in [-0.05, 0) is 44.9 Å². The standard InChI is InChI=1S/C17H23Cl2N3O2/c1-17(2,3)24-16(23)22-9-8-21-15(11-22)20-7-6-12-4-5-13(18)10-14(12)19/h4-5,10H,6-9,11H2,1-3H3,(H,20,21). The van der Waals surface area contributed by atoms with E-state index in [0.29, 0.717) is 36.2 Å². The molecule has 0 saturated heterocycles. The van der Waals surface area contributed by atoms with Crippen LogP contribution in [0.2, 0.25) is 10.0 Å². The summed E-state index contributed by atoms with van der Waals surface area (Å²) in [4.78, 5) is 18.2. The molecule has 0 spiro atoms. The van der Waals surface area contributed by atoms with Crippen molar-refractivity contribution < 1.29 is 9.53 Å². The second-order valence-electron chi connectivity index (χ2n) is 6.64. The van der Waals surface area contributed by atoms with E-state index < -0.39 is 5.60 Å². The molecular formula is C17H23Cl2N3O2. The van der Waals surface area contributed by atoms with Crippen LogP contribution in [0.25, 0.3) is 0 Å². The fourth-order valence-corrected chi connectivity index (χ4v) is 2.78. The molecule has 2 rings (SSSR count). The van der Waals surface area contributed by atoms with E-state index in [1.165, 1.54) is 0 Å². The van der Waals surface area contributed by atoms with Gasteiger partial charge in [0.05, 0.1) is 13.1 Å². The molecule has 0 aliphatic carbocycles. The van der Waals surface area contributed by atoms with Gasteiger partial charge in [0.2, 0.25) is 0 Å². The van der Waals surface area contributed by atoms with E-state index in [2.05, 4.69) is 10.3 Å². The number of amides is 1. The van der Waals surface area contributed by atoms with E-state index in [4.69, 9.17) is 27.9 Å². The van der Waals surface area contributed by atoms with Crippen molar-refractivity contribution in [1.82, 2.24) is 10.2 Å². The lowest BCUT2D eigenvalue weighted by Crippen LogP contribution is -2.47. The summed E-state index contributed by atoms with van der Waals surface area (Å²) in [6.07, 6.45) is 0.444. The number of benzene rings is 1. The highest BCUT2D eigenvalue weighted by Crippen LogP contribution is 2.21. The predicted octanol–water partition coefficient (Wildman–Crippen LogP) is 3.77. The molecule has 7 heteroatoms. The van der Waals surface area contributed by atoms with Gasteiger partial charge in [-0.1, -0.05) is 29.3 Å². The van der Waals surface area contributed by atoms with E-state index in [9.17, 15) is 4.79 Å². The minimum atomic E-state index is -0.495. The van der Waals surface area contributed by atoms with E-state index in [1.54, 1.807) is 11.0 Å². The summed E-state index contributed by atoms with van der Waals surface area (Å²) in [5.41, 5.74) is 0.527. The molecule has 1 heterocycles. The van der Waals surface area contributed by atoms with Crippen molar-refractivity contribution in [2.24, 2.45) is 4.99 Å². The molecule has 132 valence electrons. The molecular weight excluding hydrogens is 349 g/mol. The minimum Gasteiger partial charge on any atom is -0.444 e. The number of aliphatic imine (C=N–C) groups is 1. The molecule has 1 aliphatic heterocycles. The van der Waals surface area contributed by atoms with Crippen molar-refractivity contribution in [3.05, 3.63) is 33.8 Å². The highest BCUT2D eigenvalue weighted by molar-refractivity contribution is 6.35. The first kappa shape index (κ1) is 18.9. The highest BCUT2D eigenvalue weighted by atomic mass is 35.5. The molecule has 24 heavy (non-hydrogen) atoms. The quantitative estimate of drug-likeness (QED) is 0.879. The van der Waals surface area contributed by atoms with Gasteiger partial charge in [0.25, 0.3) is 0 Å². The zero-order valence-corrected chi connectivity index (χ0v) is 15.7. The Balaban J connectivity index is 1.83. The van der Waals surface area contributed by atoms with Crippen LogP contribution >= 0.6 is 23.2 Å². The molecule has 0 unspecified atom stereocenters. The normalized spacial score (nSPS) is 15.0. The summed E-state index contributed by atoms with van der Waals surface area (Å²) < 4.78 is 5.40. The van der Waals surface area contributed by atoms with Crippen molar-refractivity contribution in [3.63, 3.8) is 0 Å². The Bertz CT molecular complexity index is 627. The summed E-state index contributed by atoms with van der Waals surface area (Å²) in [6.45, 7) is 7.84. The highest BCUT2D eigenvalue weighted by Gasteiger charge is 2.24. The van der Waals surface area contributed by atoms with Gasteiger partial charge in [-0.3, -0.25) is 9.89 Å². The van der Waals surface area contributed by atoms with Gasteiger partial charge in [0.1, 0.15) is 11.4 Å². The van der Waals surface area contributed by atoms with Crippen LogP contribution in [0.4, 0.5) is 4.79 Å². The van der Waals surface area contributed by atoms with Crippen LogP contribution in [0.5, 0.6) is 0 Å². The number of ether oxygens (including phenoxy) is 1. The third-order valence-corrected chi connectivity index (χ3v) is 3.99. The molecule has 0 atom stereocenters. The molecule has 1 aliphatic rings. The summed E-state index contributed by atoms with van der Waals surface area (Å²) >= 11 is 12.1. The van der Waals surface area contributed by atoms with Gasteiger partial charge in [0, 0.05) is 23.1 Å². The van der Waals surface area contributed by atoms with Gasteiger partial charge in [0.15, 0.2) is 0 Å². The van der Waals surface area contributed by atoms with Crippen molar-refractivity contribution in [1.29, 1.82) is 0 Å². The van der Waals surface area contributed by atoms with Crippen LogP contribution in [-0.4, -0.2) is 48.6 Å². The lowest BCUT2D eigenvalue weighted by atomic mass is 10.1. The lowest BCUT2D eigenvalue weighted by molar-refractivity contribution is 0.0276. The van der Waals surface area contributed by atoms with Gasteiger partial charge < -0.3 is 10.1 Å². The first-order valence-corrected chi connectivity index (χ1v) is 8.69. The van der Waals surface area contributed by atoms with Gasteiger partial charge >= 0.3 is 6.09 Å². The minimum absolute atomic E-state index is 0.308. The molecule has 0 saturated carbocycles. The van der Waals surface area contributed by atoms with Crippen LogP contribution in [-0.2, 0) is 11.2 Å². The third kappa shape index (κ3) is 5.87. The Hall–Kier alpha value is -1.46. The topological polar surface area (TPSA) is 53.9 Å². The molecule has 0 fully saturated rings. The smallest absolute Gasteiger partial charge is 0.410 e. The summed E-state index contributed by atoms with van der Waals surface area (Å²) in [5, 5.41) is 4.55. The lowest BCUT2D eigenvalue weighted by Gasteiger charge is -2.30. The van der Waals surface area contributed by atoms with Crippen LogP contribution in [0.1, 0.15) is 26.3 Å². The van der Waals surface area contributed by atoms with Gasteiger partial charge in [-0.25, -0.2) is 4.79 Å². The van der Waals surface area contributed by atoms with E-state index in [0.717, 1.165) is 17.8 Å². The Kier molecular flexibility index (Phi) is 6.35. The Morgan fingerprint density at radius 2 is 2.12 bits per heavy atom. The number of hydrogen-bond donors (Lipinski definition) is 1. The van der Waals surface area contributed by atoms with Crippen LogP contribution < -0.4 is 5.32 Å². The summed E-state index contributed by atoms with van der Waals surface area (Å²) in [6, 6.07) is 5.48. The SMILES string of the molecule is CC(C)(C)OC(=O)N1CCN=C(NCCc2ccc(Cl)cc2Cl)C1. The van der Waals surface area contributed by atoms with Crippen molar-refractivity contribution >= 4 is 35.1 Å². The zero-order chi connectivity index (χ0) is 17.7. The predicted molar refractivity (Wildman–Crippen MR) is 98.3 cm³/mol. The summed E-state index contributed by atoms with van der Waals surface area (Å²) in [7, 11) is 0. The average Bonchev–Trinajstić information content (AvgIpc) is 2.48. The first-order valence-electron chi connectivity index (χ1n) is 7.93. The second kappa shape index (κ2) is 8.08. The molecule has 1 aromatic carbocycles. The number of nitrogens with zero attached hydrogens (tertiary/aromatic N) is 2. The number of carbonyl (C=O) groups is 1. The second-order valence-corrected chi connectivity index (χ2v) is 7.49. The van der Waals surface area contributed by atoms with Gasteiger partial charge in [-0.2, -0.15) is 0 Å². The van der Waals surface area contributed by atoms with E-state index >= 15 is 0 Å². The monoisotopic (exact) mass is 371 g/mol. The maximum Gasteiger partial charge on any atom is 0.410 e. The number of hydrogen-bond acceptors (Lipinski definition) is 4. The van der Waals surface area contributed by atoms with E-state index in [-0.39, 0.29) is 6.09 Å². The van der Waals surface area contributed by atoms with Crippen molar-refractivity contribution in [2.75, 3.05) is 26.2 Å². The van der Waals surface area contributed by atoms with Crippen molar-refractivity contribution in [2.45, 2.75) is 32.8 Å². The third-order valence-electron chi connectivity index (χ3n) is 3.40. The van der Waals surface area contributed by atoms with E-state index in [1.807, 2.05) is 32.9 Å². The maximum absolute atomic E-state index is 12.1. The fourth-order valence-electron chi connectivity index (χ4n) is 2.28. The molecule has 0 radical (unpaired) electrons. The average molecular weight is 372 g/mol. The Morgan fingerprint density at radius 1 is 1.38 bits per heavy atom. The van der Waals surface area contributed by atoms with Gasteiger partial charge in [-0.15, -0.1) is 0 Å². The number of rotatable bonds is 3. The maximum atomic E-state index is 12.1. The molecule has 0 aromatic heterocycles. The number of halogens is 2. The van der Waals surface area contributed by atoms with Crippen LogP contribution in [0.3, 0.4) is 0 Å². The van der Waals surface area contributed by atoms with Crippen LogP contribution in [0, 0.1) is 0 Å². The molecule has 1 aromatic rings. The van der Waals surface area contributed by atoms with Crippen molar-refractivity contribution in [3.8, 4) is 0 Å². The zero-order valence-electron chi connectivity index (χ0n) is 14.2. The Labute approximate surface area is 153 Å². The fraction of sp³-hybridized carbons (Fsp3) is 0.529. The van der Waals surface area contributed by atoms with Crippen LogP contribution in [0.15, 0.2) is 23.2 Å². The first-order chi connectivity index (χ1) is 11.2. The molecule has 0 bridgehead atoms. The molecule has 5 nitrogen and oxygen atoms in total. The number of amidine groups is 1. The molecule has 1 amide bonds. The summed E-state index contributed by atoms with van der Waals surface area (Å²) in [5.74, 6) is 0.789. The number of nitrogens with one attached hydrogen (secondary N) is 1.